The minimum absolute atomic E-state index is 0.357. The second-order valence-corrected chi connectivity index (χ2v) is 5.50. The average molecular weight is 237 g/mol. The number of nitrogens with zero attached hydrogens (tertiary/aromatic N) is 1. The van der Waals surface area contributed by atoms with Crippen LogP contribution in [0, 0.1) is 6.92 Å². The number of piperidine rings is 1. The molecule has 1 aromatic rings. The summed E-state index contributed by atoms with van der Waals surface area (Å²) in [7, 11) is 0. The quantitative estimate of drug-likeness (QED) is 0.749. The van der Waals surface area contributed by atoms with E-state index in [1.807, 2.05) is 6.92 Å². The minimum atomic E-state index is 0.357. The summed E-state index contributed by atoms with van der Waals surface area (Å²) < 4.78 is 0. The monoisotopic (exact) mass is 236 g/mol. The molecule has 1 spiro atoms. The first-order chi connectivity index (χ1) is 7.71. The van der Waals surface area contributed by atoms with Crippen molar-refractivity contribution in [1.82, 2.24) is 10.3 Å². The number of halogens is 1. The predicted molar refractivity (Wildman–Crippen MR) is 66.1 cm³/mol. The molecule has 3 heteroatoms. The van der Waals surface area contributed by atoms with Crippen molar-refractivity contribution in [1.29, 1.82) is 0 Å². The van der Waals surface area contributed by atoms with Crippen molar-refractivity contribution in [3.05, 3.63) is 28.0 Å². The molecule has 0 unspecified atom stereocenters. The minimum Gasteiger partial charge on any atom is -0.317 e. The van der Waals surface area contributed by atoms with Crippen LogP contribution in [0.1, 0.15) is 36.2 Å². The lowest BCUT2D eigenvalue weighted by atomic mass is 9.76. The van der Waals surface area contributed by atoms with Gasteiger partial charge in [-0.1, -0.05) is 11.6 Å². The zero-order valence-electron chi connectivity index (χ0n) is 9.65. The molecule has 0 bridgehead atoms. The molecule has 2 aliphatic rings. The number of fused-ring (bicyclic) bond motifs is 2. The third-order valence-corrected chi connectivity index (χ3v) is 4.55. The first-order valence-corrected chi connectivity index (χ1v) is 6.46. The molecular weight excluding hydrogens is 220 g/mol. The fourth-order valence-corrected chi connectivity index (χ4v) is 3.33. The van der Waals surface area contributed by atoms with Gasteiger partial charge >= 0.3 is 0 Å². The molecule has 0 aromatic carbocycles. The van der Waals surface area contributed by atoms with Crippen LogP contribution in [0.15, 0.2) is 6.07 Å². The largest absolute Gasteiger partial charge is 0.317 e. The number of hydrogen-bond acceptors (Lipinski definition) is 2. The van der Waals surface area contributed by atoms with Gasteiger partial charge in [0.1, 0.15) is 0 Å². The topological polar surface area (TPSA) is 24.9 Å². The van der Waals surface area contributed by atoms with Gasteiger partial charge in [-0.05, 0) is 57.3 Å². The number of nitrogens with one attached hydrogen (secondary N) is 1. The Bertz CT molecular complexity index is 422. The molecule has 86 valence electrons. The van der Waals surface area contributed by atoms with Gasteiger partial charge in [-0.15, -0.1) is 0 Å². The molecule has 2 nitrogen and oxygen atoms in total. The molecule has 2 heterocycles. The molecule has 1 N–H and O–H groups in total. The summed E-state index contributed by atoms with van der Waals surface area (Å²) in [4.78, 5) is 4.77. The molecule has 1 aliphatic carbocycles. The third-order valence-electron chi connectivity index (χ3n) is 4.17. The van der Waals surface area contributed by atoms with Gasteiger partial charge in [0.15, 0.2) is 0 Å². The Morgan fingerprint density at radius 2 is 2.06 bits per heavy atom. The highest BCUT2D eigenvalue weighted by atomic mass is 35.5. The maximum Gasteiger partial charge on any atom is 0.0621 e. The molecule has 1 aliphatic heterocycles. The Morgan fingerprint density at radius 3 is 2.81 bits per heavy atom. The van der Waals surface area contributed by atoms with Crippen molar-refractivity contribution in [2.24, 2.45) is 0 Å². The van der Waals surface area contributed by atoms with E-state index in [2.05, 4.69) is 11.4 Å². The van der Waals surface area contributed by atoms with Gasteiger partial charge < -0.3 is 5.32 Å². The van der Waals surface area contributed by atoms with E-state index in [-0.39, 0.29) is 0 Å². The normalized spacial score (nSPS) is 22.4. The van der Waals surface area contributed by atoms with Crippen LogP contribution < -0.4 is 5.32 Å². The van der Waals surface area contributed by atoms with Crippen LogP contribution in [-0.4, -0.2) is 18.1 Å². The molecule has 0 atom stereocenters. The van der Waals surface area contributed by atoms with Crippen LogP contribution in [-0.2, 0) is 11.8 Å². The summed E-state index contributed by atoms with van der Waals surface area (Å²) in [6, 6.07) is 2.13. The standard InChI is InChI=1S/C13H17ClN2/c1-9-11(14)8-10-2-3-13(12(10)16-9)4-6-15-7-5-13/h8,15H,2-7H2,1H3. The Kier molecular flexibility index (Phi) is 2.45. The van der Waals surface area contributed by atoms with Crippen molar-refractivity contribution in [2.45, 2.75) is 38.0 Å². The van der Waals surface area contributed by atoms with E-state index >= 15 is 0 Å². The van der Waals surface area contributed by atoms with Gasteiger partial charge in [0.2, 0.25) is 0 Å². The van der Waals surface area contributed by atoms with Gasteiger partial charge in [0.25, 0.3) is 0 Å². The highest BCUT2D eigenvalue weighted by Gasteiger charge is 2.41. The van der Waals surface area contributed by atoms with Crippen LogP contribution in [0.25, 0.3) is 0 Å². The van der Waals surface area contributed by atoms with Crippen LogP contribution in [0.2, 0.25) is 5.02 Å². The molecule has 1 saturated heterocycles. The molecule has 0 radical (unpaired) electrons. The smallest absolute Gasteiger partial charge is 0.0621 e. The molecule has 16 heavy (non-hydrogen) atoms. The zero-order valence-corrected chi connectivity index (χ0v) is 10.4. The Balaban J connectivity index is 2.07. The van der Waals surface area contributed by atoms with Gasteiger partial charge in [-0.3, -0.25) is 4.98 Å². The van der Waals surface area contributed by atoms with Gasteiger partial charge in [-0.25, -0.2) is 0 Å². The highest BCUT2D eigenvalue weighted by Crippen LogP contribution is 2.44. The van der Waals surface area contributed by atoms with Crippen molar-refractivity contribution in [2.75, 3.05) is 13.1 Å². The number of aryl methyl sites for hydroxylation is 2. The van der Waals surface area contributed by atoms with Crippen molar-refractivity contribution < 1.29 is 0 Å². The van der Waals surface area contributed by atoms with Crippen LogP contribution in [0.5, 0.6) is 0 Å². The maximum absolute atomic E-state index is 6.14. The van der Waals surface area contributed by atoms with E-state index in [0.29, 0.717) is 5.41 Å². The third kappa shape index (κ3) is 1.47. The lowest BCUT2D eigenvalue weighted by Gasteiger charge is -2.34. The lowest BCUT2D eigenvalue weighted by Crippen LogP contribution is -2.38. The first-order valence-electron chi connectivity index (χ1n) is 6.08. The average Bonchev–Trinajstić information content (AvgIpc) is 2.60. The number of aromatic nitrogens is 1. The number of hydrogen-bond donors (Lipinski definition) is 1. The van der Waals surface area contributed by atoms with Crippen LogP contribution >= 0.6 is 11.6 Å². The fraction of sp³-hybridized carbons (Fsp3) is 0.615. The zero-order chi connectivity index (χ0) is 11.2. The molecule has 3 rings (SSSR count). The van der Waals surface area contributed by atoms with E-state index in [1.165, 1.54) is 30.5 Å². The van der Waals surface area contributed by atoms with E-state index in [9.17, 15) is 0 Å². The SMILES string of the molecule is Cc1nc2c(cc1Cl)CCC21CCNCC1. The first kappa shape index (κ1) is 10.5. The van der Waals surface area contributed by atoms with E-state index in [4.69, 9.17) is 16.6 Å². The van der Waals surface area contributed by atoms with E-state index in [1.54, 1.807) is 0 Å². The van der Waals surface area contributed by atoms with Gasteiger partial charge in [-0.2, -0.15) is 0 Å². The van der Waals surface area contributed by atoms with Gasteiger partial charge in [0, 0.05) is 5.41 Å². The fourth-order valence-electron chi connectivity index (χ4n) is 3.15. The molecule has 1 aromatic heterocycles. The molecule has 0 saturated carbocycles. The second-order valence-electron chi connectivity index (χ2n) is 5.09. The van der Waals surface area contributed by atoms with Crippen molar-refractivity contribution >= 4 is 11.6 Å². The van der Waals surface area contributed by atoms with Gasteiger partial charge in [0.05, 0.1) is 16.4 Å². The number of rotatable bonds is 0. The summed E-state index contributed by atoms with van der Waals surface area (Å²) in [5, 5.41) is 4.26. The lowest BCUT2D eigenvalue weighted by molar-refractivity contribution is 0.300. The molecular formula is C13H17ClN2. The van der Waals surface area contributed by atoms with Crippen molar-refractivity contribution in [3.63, 3.8) is 0 Å². The number of pyridine rings is 1. The maximum atomic E-state index is 6.14. The van der Waals surface area contributed by atoms with E-state index in [0.717, 1.165) is 30.2 Å². The van der Waals surface area contributed by atoms with Crippen LogP contribution in [0.3, 0.4) is 0 Å². The summed E-state index contributed by atoms with van der Waals surface area (Å²) in [5.41, 5.74) is 4.07. The van der Waals surface area contributed by atoms with Crippen LogP contribution in [0.4, 0.5) is 0 Å². The van der Waals surface area contributed by atoms with Crippen molar-refractivity contribution in [3.8, 4) is 0 Å². The Hall–Kier alpha value is -0.600. The molecule has 1 fully saturated rings. The summed E-state index contributed by atoms with van der Waals surface area (Å²) >= 11 is 6.14. The highest BCUT2D eigenvalue weighted by molar-refractivity contribution is 6.31. The van der Waals surface area contributed by atoms with E-state index < -0.39 is 0 Å². The summed E-state index contributed by atoms with van der Waals surface area (Å²) in [6.07, 6.45) is 4.88. The molecule has 0 amide bonds. The second kappa shape index (κ2) is 3.71. The summed E-state index contributed by atoms with van der Waals surface area (Å²) in [5.74, 6) is 0. The predicted octanol–water partition coefficient (Wildman–Crippen LogP) is 2.61. The Labute approximate surface area is 101 Å². The Morgan fingerprint density at radius 1 is 1.31 bits per heavy atom. The summed E-state index contributed by atoms with van der Waals surface area (Å²) in [6.45, 7) is 4.27.